The summed E-state index contributed by atoms with van der Waals surface area (Å²) in [6, 6.07) is 4.98. The minimum atomic E-state index is -1.62. The predicted molar refractivity (Wildman–Crippen MR) is 82.8 cm³/mol. The van der Waals surface area contributed by atoms with Gasteiger partial charge in [0.1, 0.15) is 5.82 Å². The molecule has 1 aromatic carbocycles. The Morgan fingerprint density at radius 1 is 1.33 bits per heavy atom. The number of hydrogen-bond acceptors (Lipinski definition) is 4. The van der Waals surface area contributed by atoms with Crippen molar-refractivity contribution in [1.82, 2.24) is 9.80 Å². The van der Waals surface area contributed by atoms with Gasteiger partial charge in [0.25, 0.3) is 0 Å². The van der Waals surface area contributed by atoms with Gasteiger partial charge in [-0.3, -0.25) is 9.80 Å². The molecule has 6 heteroatoms. The van der Waals surface area contributed by atoms with Crippen molar-refractivity contribution < 1.29 is 14.4 Å². The number of rotatable bonds is 6. The van der Waals surface area contributed by atoms with E-state index >= 15 is 0 Å². The number of likely N-dealkylation sites (tertiary alicyclic amines) is 1. The zero-order valence-corrected chi connectivity index (χ0v) is 12.8. The average Bonchev–Trinajstić information content (AvgIpc) is 2.91. The summed E-state index contributed by atoms with van der Waals surface area (Å²) in [6.07, 6.45) is 1.12. The molecular formula is C15H24BFN2O2. The van der Waals surface area contributed by atoms with E-state index in [1.165, 1.54) is 6.07 Å². The van der Waals surface area contributed by atoms with Crippen LogP contribution in [0.4, 0.5) is 4.39 Å². The molecular weight excluding hydrogens is 270 g/mol. The Balaban J connectivity index is 1.97. The Labute approximate surface area is 126 Å². The third kappa shape index (κ3) is 4.04. The first kappa shape index (κ1) is 16.4. The van der Waals surface area contributed by atoms with Gasteiger partial charge >= 0.3 is 7.12 Å². The quantitative estimate of drug-likeness (QED) is 0.747. The maximum Gasteiger partial charge on any atom is 0.488 e. The van der Waals surface area contributed by atoms with Crippen molar-refractivity contribution in [3.63, 3.8) is 0 Å². The highest BCUT2D eigenvalue weighted by molar-refractivity contribution is 6.58. The Kier molecular flexibility index (Phi) is 5.76. The lowest BCUT2D eigenvalue weighted by molar-refractivity contribution is 0.208. The van der Waals surface area contributed by atoms with Crippen molar-refractivity contribution in [3.8, 4) is 0 Å². The second kappa shape index (κ2) is 7.36. The van der Waals surface area contributed by atoms with Gasteiger partial charge in [-0.2, -0.15) is 0 Å². The fourth-order valence-electron chi connectivity index (χ4n) is 3.09. The van der Waals surface area contributed by atoms with E-state index in [0.717, 1.165) is 32.6 Å². The number of benzene rings is 1. The zero-order chi connectivity index (χ0) is 15.4. The van der Waals surface area contributed by atoms with E-state index in [-0.39, 0.29) is 11.3 Å². The van der Waals surface area contributed by atoms with Crippen molar-refractivity contribution in [2.24, 2.45) is 0 Å². The van der Waals surface area contributed by atoms with Crippen LogP contribution in [-0.2, 0) is 6.54 Å². The van der Waals surface area contributed by atoms with Crippen molar-refractivity contribution in [2.75, 3.05) is 26.2 Å². The molecule has 116 valence electrons. The van der Waals surface area contributed by atoms with E-state index < -0.39 is 7.12 Å². The third-order valence-corrected chi connectivity index (χ3v) is 4.35. The fraction of sp³-hybridized carbons (Fsp3) is 0.600. The first-order valence-corrected chi connectivity index (χ1v) is 7.66. The summed E-state index contributed by atoms with van der Waals surface area (Å²) in [6.45, 7) is 8.95. The second-order valence-corrected chi connectivity index (χ2v) is 5.62. The smallest absolute Gasteiger partial charge is 0.423 e. The molecule has 0 aliphatic carbocycles. The van der Waals surface area contributed by atoms with Crippen molar-refractivity contribution in [2.45, 2.75) is 32.9 Å². The summed E-state index contributed by atoms with van der Waals surface area (Å²) < 4.78 is 14.0. The molecule has 1 fully saturated rings. The second-order valence-electron chi connectivity index (χ2n) is 5.62. The molecule has 2 N–H and O–H groups in total. The molecule has 1 saturated heterocycles. The summed E-state index contributed by atoms with van der Waals surface area (Å²) in [5.41, 5.74) is 0.804. The highest BCUT2D eigenvalue weighted by Crippen LogP contribution is 2.18. The van der Waals surface area contributed by atoms with Crippen molar-refractivity contribution in [1.29, 1.82) is 0 Å². The van der Waals surface area contributed by atoms with Crippen LogP contribution in [0.5, 0.6) is 0 Å². The summed E-state index contributed by atoms with van der Waals surface area (Å²) in [7, 11) is -1.62. The maximum absolute atomic E-state index is 14.0. The molecule has 21 heavy (non-hydrogen) atoms. The predicted octanol–water partition coefficient (Wildman–Crippen LogP) is 0.422. The highest BCUT2D eigenvalue weighted by Gasteiger charge is 2.26. The van der Waals surface area contributed by atoms with E-state index in [4.69, 9.17) is 10.0 Å². The van der Waals surface area contributed by atoms with E-state index in [2.05, 4.69) is 23.6 Å². The molecule has 0 amide bonds. The van der Waals surface area contributed by atoms with Gasteiger partial charge in [0.15, 0.2) is 0 Å². The van der Waals surface area contributed by atoms with Crippen LogP contribution in [0.1, 0.15) is 25.8 Å². The molecule has 0 saturated carbocycles. The van der Waals surface area contributed by atoms with Gasteiger partial charge in [0.2, 0.25) is 0 Å². The topological polar surface area (TPSA) is 46.9 Å². The van der Waals surface area contributed by atoms with Crippen LogP contribution in [0.25, 0.3) is 0 Å². The summed E-state index contributed by atoms with van der Waals surface area (Å²) in [5, 5.41) is 18.1. The molecule has 0 radical (unpaired) electrons. The van der Waals surface area contributed by atoms with Gasteiger partial charge in [0, 0.05) is 31.2 Å². The summed E-state index contributed by atoms with van der Waals surface area (Å²) in [5.74, 6) is -0.369. The van der Waals surface area contributed by atoms with Gasteiger partial charge in [-0.15, -0.1) is 0 Å². The molecule has 1 aromatic rings. The molecule has 1 aliphatic rings. The van der Waals surface area contributed by atoms with Gasteiger partial charge in [0.05, 0.1) is 0 Å². The van der Waals surface area contributed by atoms with E-state index in [9.17, 15) is 4.39 Å². The van der Waals surface area contributed by atoms with Crippen LogP contribution in [0.2, 0.25) is 0 Å². The largest absolute Gasteiger partial charge is 0.488 e. The first-order chi connectivity index (χ1) is 10.0. The van der Waals surface area contributed by atoms with Crippen molar-refractivity contribution in [3.05, 3.63) is 29.6 Å². The van der Waals surface area contributed by atoms with Crippen LogP contribution in [0.3, 0.4) is 0 Å². The van der Waals surface area contributed by atoms with E-state index in [1.807, 2.05) is 0 Å². The third-order valence-electron chi connectivity index (χ3n) is 4.35. The molecule has 1 aliphatic heterocycles. The van der Waals surface area contributed by atoms with Gasteiger partial charge < -0.3 is 10.0 Å². The monoisotopic (exact) mass is 294 g/mol. The summed E-state index contributed by atoms with van der Waals surface area (Å²) in [4.78, 5) is 4.71. The Hall–Kier alpha value is -0.945. The molecule has 0 spiro atoms. The maximum atomic E-state index is 14.0. The standard InChI is InChI=1S/C15H24BFN2O2/c1-3-19(4-2)14-7-8-18(11-14)10-12-5-6-13(16(20)21)9-15(12)17/h5-6,9,14,20-21H,3-4,7-8,10-11H2,1-2H3. The SMILES string of the molecule is CCN(CC)C1CCN(Cc2ccc(B(O)O)cc2F)C1. The number of hydrogen-bond donors (Lipinski definition) is 2. The number of nitrogens with zero attached hydrogens (tertiary/aromatic N) is 2. The van der Waals surface area contributed by atoms with Crippen LogP contribution in [-0.4, -0.2) is 59.2 Å². The van der Waals surface area contributed by atoms with Crippen LogP contribution in [0, 0.1) is 5.82 Å². The normalized spacial score (nSPS) is 19.4. The van der Waals surface area contributed by atoms with E-state index in [0.29, 0.717) is 18.2 Å². The summed E-state index contributed by atoms with van der Waals surface area (Å²) >= 11 is 0. The van der Waals surface area contributed by atoms with Crippen molar-refractivity contribution >= 4 is 12.6 Å². The molecule has 4 nitrogen and oxygen atoms in total. The zero-order valence-electron chi connectivity index (χ0n) is 12.8. The van der Waals surface area contributed by atoms with Gasteiger partial charge in [-0.25, -0.2) is 4.39 Å². The Bertz CT molecular complexity index is 469. The van der Waals surface area contributed by atoms with Gasteiger partial charge in [-0.05, 0) is 31.0 Å². The molecule has 0 bridgehead atoms. The molecule has 2 rings (SSSR count). The lowest BCUT2D eigenvalue weighted by Gasteiger charge is -2.26. The molecule has 1 unspecified atom stereocenters. The van der Waals surface area contributed by atoms with Crippen LogP contribution in [0.15, 0.2) is 18.2 Å². The molecule has 0 aromatic heterocycles. The van der Waals surface area contributed by atoms with Gasteiger partial charge in [-0.1, -0.05) is 26.0 Å². The minimum Gasteiger partial charge on any atom is -0.423 e. The Morgan fingerprint density at radius 2 is 2.05 bits per heavy atom. The lowest BCUT2D eigenvalue weighted by Crippen LogP contribution is -2.37. The molecule has 1 atom stereocenters. The Morgan fingerprint density at radius 3 is 2.62 bits per heavy atom. The highest BCUT2D eigenvalue weighted by atomic mass is 19.1. The average molecular weight is 294 g/mol. The molecule has 1 heterocycles. The van der Waals surface area contributed by atoms with Crippen LogP contribution >= 0.6 is 0 Å². The van der Waals surface area contributed by atoms with E-state index in [1.54, 1.807) is 12.1 Å². The van der Waals surface area contributed by atoms with Crippen LogP contribution < -0.4 is 5.46 Å². The first-order valence-electron chi connectivity index (χ1n) is 7.66. The minimum absolute atomic E-state index is 0.193. The fourth-order valence-corrected chi connectivity index (χ4v) is 3.09. The lowest BCUT2D eigenvalue weighted by atomic mass is 9.80. The number of halogens is 1. The number of likely N-dealkylation sites (N-methyl/N-ethyl adjacent to an activating group) is 1.